The number of nitrogens with one attached hydrogen (secondary N) is 1. The third-order valence-corrected chi connectivity index (χ3v) is 4.10. The predicted octanol–water partition coefficient (Wildman–Crippen LogP) is 1.08. The van der Waals surface area contributed by atoms with Crippen molar-refractivity contribution in [3.8, 4) is 0 Å². The fourth-order valence-corrected chi connectivity index (χ4v) is 2.85. The second-order valence-electron chi connectivity index (χ2n) is 5.80. The molecular weight excluding hydrogens is 271 g/mol. The summed E-state index contributed by atoms with van der Waals surface area (Å²) in [7, 11) is 0. The van der Waals surface area contributed by atoms with Gasteiger partial charge in [-0.05, 0) is 19.8 Å². The number of halogens is 3. The van der Waals surface area contributed by atoms with E-state index in [0.717, 1.165) is 12.8 Å². The van der Waals surface area contributed by atoms with Crippen LogP contribution in [0, 0.1) is 5.92 Å². The van der Waals surface area contributed by atoms with E-state index in [1.807, 2.05) is 0 Å². The summed E-state index contributed by atoms with van der Waals surface area (Å²) < 4.78 is 36.9. The van der Waals surface area contributed by atoms with Crippen molar-refractivity contribution < 1.29 is 18.0 Å². The monoisotopic (exact) mass is 293 g/mol. The van der Waals surface area contributed by atoms with E-state index < -0.39 is 12.7 Å². The van der Waals surface area contributed by atoms with Gasteiger partial charge in [-0.1, -0.05) is 0 Å². The van der Waals surface area contributed by atoms with Crippen LogP contribution < -0.4 is 5.32 Å². The maximum absolute atomic E-state index is 12.3. The van der Waals surface area contributed by atoms with Crippen molar-refractivity contribution in [2.24, 2.45) is 5.92 Å². The van der Waals surface area contributed by atoms with E-state index in [-0.39, 0.29) is 11.8 Å². The molecule has 0 aliphatic carbocycles. The molecule has 0 spiro atoms. The molecule has 20 heavy (non-hydrogen) atoms. The van der Waals surface area contributed by atoms with Crippen molar-refractivity contribution in [3.63, 3.8) is 0 Å². The molecule has 1 N–H and O–H groups in total. The van der Waals surface area contributed by atoms with Crippen LogP contribution in [0.3, 0.4) is 0 Å². The Bertz CT molecular complexity index is 332. The van der Waals surface area contributed by atoms with E-state index >= 15 is 0 Å². The van der Waals surface area contributed by atoms with Crippen LogP contribution in [-0.4, -0.2) is 67.2 Å². The second-order valence-corrected chi connectivity index (χ2v) is 5.80. The molecule has 2 heterocycles. The van der Waals surface area contributed by atoms with Crippen molar-refractivity contribution in [1.82, 2.24) is 15.1 Å². The van der Waals surface area contributed by atoms with Gasteiger partial charge in [0.15, 0.2) is 0 Å². The lowest BCUT2D eigenvalue weighted by Gasteiger charge is -2.38. The highest BCUT2D eigenvalue weighted by molar-refractivity contribution is 5.79. The Labute approximate surface area is 117 Å². The molecule has 0 bridgehead atoms. The van der Waals surface area contributed by atoms with Crippen molar-refractivity contribution in [2.45, 2.75) is 32.0 Å². The number of carbonyl (C=O) groups excluding carboxylic acids is 1. The standard InChI is InChI=1S/C13H22F3N3O/c1-10-2-3-11(8-17-10)12(20)19-6-4-18(5-7-19)9-13(14,15)16/h10-11,17H,2-9H2,1H3. The van der Waals surface area contributed by atoms with Crippen molar-refractivity contribution in [2.75, 3.05) is 39.3 Å². The number of nitrogens with zero attached hydrogens (tertiary/aromatic N) is 2. The van der Waals surface area contributed by atoms with Gasteiger partial charge in [0.2, 0.25) is 5.91 Å². The molecule has 0 aromatic rings. The van der Waals surface area contributed by atoms with Gasteiger partial charge in [-0.3, -0.25) is 9.69 Å². The zero-order valence-electron chi connectivity index (χ0n) is 11.7. The first-order valence-electron chi connectivity index (χ1n) is 7.16. The fraction of sp³-hybridized carbons (Fsp3) is 0.923. The minimum atomic E-state index is -4.16. The number of rotatable bonds is 2. The summed E-state index contributed by atoms with van der Waals surface area (Å²) in [6.07, 6.45) is -2.31. The van der Waals surface area contributed by atoms with Crippen LogP contribution in [0.5, 0.6) is 0 Å². The third-order valence-electron chi connectivity index (χ3n) is 4.10. The number of piperidine rings is 1. The van der Waals surface area contributed by atoms with Crippen LogP contribution in [0.15, 0.2) is 0 Å². The van der Waals surface area contributed by atoms with Crippen LogP contribution in [0.1, 0.15) is 19.8 Å². The normalized spacial score (nSPS) is 29.5. The van der Waals surface area contributed by atoms with Gasteiger partial charge >= 0.3 is 6.18 Å². The molecule has 2 atom stereocenters. The van der Waals surface area contributed by atoms with Gasteiger partial charge in [0.05, 0.1) is 12.5 Å². The Morgan fingerprint density at radius 3 is 2.35 bits per heavy atom. The molecule has 0 radical (unpaired) electrons. The molecule has 116 valence electrons. The van der Waals surface area contributed by atoms with E-state index in [0.29, 0.717) is 38.8 Å². The number of carbonyl (C=O) groups is 1. The summed E-state index contributed by atoms with van der Waals surface area (Å²) in [5, 5.41) is 3.29. The van der Waals surface area contributed by atoms with Gasteiger partial charge in [0, 0.05) is 38.8 Å². The fourth-order valence-electron chi connectivity index (χ4n) is 2.85. The molecule has 0 saturated carbocycles. The van der Waals surface area contributed by atoms with Gasteiger partial charge in [-0.2, -0.15) is 13.2 Å². The highest BCUT2D eigenvalue weighted by atomic mass is 19.4. The molecule has 7 heteroatoms. The van der Waals surface area contributed by atoms with Crippen LogP contribution in [0.2, 0.25) is 0 Å². The molecular formula is C13H22F3N3O. The number of amides is 1. The van der Waals surface area contributed by atoms with Crippen LogP contribution in [-0.2, 0) is 4.79 Å². The molecule has 2 fully saturated rings. The Balaban J connectivity index is 1.77. The number of hydrogen-bond donors (Lipinski definition) is 1. The Kier molecular flexibility index (Phi) is 4.90. The lowest BCUT2D eigenvalue weighted by Crippen LogP contribution is -2.54. The number of piperazine rings is 1. The average molecular weight is 293 g/mol. The van der Waals surface area contributed by atoms with Crippen molar-refractivity contribution >= 4 is 5.91 Å². The highest BCUT2D eigenvalue weighted by Crippen LogP contribution is 2.20. The minimum Gasteiger partial charge on any atom is -0.340 e. The zero-order chi connectivity index (χ0) is 14.8. The first kappa shape index (κ1) is 15.6. The molecule has 0 aromatic heterocycles. The molecule has 2 rings (SSSR count). The Morgan fingerprint density at radius 1 is 1.20 bits per heavy atom. The molecule has 1 amide bonds. The van der Waals surface area contributed by atoms with Crippen LogP contribution in [0.25, 0.3) is 0 Å². The third kappa shape index (κ3) is 4.34. The smallest absolute Gasteiger partial charge is 0.340 e. The highest BCUT2D eigenvalue weighted by Gasteiger charge is 2.34. The van der Waals surface area contributed by atoms with E-state index in [2.05, 4.69) is 12.2 Å². The number of alkyl halides is 3. The summed E-state index contributed by atoms with van der Waals surface area (Å²) in [4.78, 5) is 15.4. The predicted molar refractivity (Wildman–Crippen MR) is 69.3 cm³/mol. The summed E-state index contributed by atoms with van der Waals surface area (Å²) in [6, 6.07) is 0.447. The zero-order valence-corrected chi connectivity index (χ0v) is 11.7. The summed E-state index contributed by atoms with van der Waals surface area (Å²) in [5.41, 5.74) is 0. The topological polar surface area (TPSA) is 35.6 Å². The van der Waals surface area contributed by atoms with Gasteiger partial charge in [-0.15, -0.1) is 0 Å². The average Bonchev–Trinajstić information content (AvgIpc) is 2.38. The summed E-state index contributed by atoms with van der Waals surface area (Å²) in [5.74, 6) is 0.0800. The van der Waals surface area contributed by atoms with Crippen LogP contribution in [0.4, 0.5) is 13.2 Å². The van der Waals surface area contributed by atoms with E-state index in [1.165, 1.54) is 4.90 Å². The maximum Gasteiger partial charge on any atom is 0.401 e. The van der Waals surface area contributed by atoms with Gasteiger partial charge < -0.3 is 10.2 Å². The molecule has 2 aliphatic rings. The quantitative estimate of drug-likeness (QED) is 0.827. The van der Waals surface area contributed by atoms with Gasteiger partial charge in [-0.25, -0.2) is 0 Å². The van der Waals surface area contributed by atoms with Crippen molar-refractivity contribution in [1.29, 1.82) is 0 Å². The summed E-state index contributed by atoms with van der Waals surface area (Å²) in [6.45, 7) is 3.32. The van der Waals surface area contributed by atoms with Crippen molar-refractivity contribution in [3.05, 3.63) is 0 Å². The first-order chi connectivity index (χ1) is 9.35. The summed E-state index contributed by atoms with van der Waals surface area (Å²) >= 11 is 0. The van der Waals surface area contributed by atoms with Gasteiger partial charge in [0.25, 0.3) is 0 Å². The second kappa shape index (κ2) is 6.30. The van der Waals surface area contributed by atoms with Gasteiger partial charge in [0.1, 0.15) is 0 Å². The molecule has 2 saturated heterocycles. The largest absolute Gasteiger partial charge is 0.401 e. The number of hydrogen-bond acceptors (Lipinski definition) is 3. The molecule has 2 aliphatic heterocycles. The van der Waals surface area contributed by atoms with E-state index in [9.17, 15) is 18.0 Å². The Hall–Kier alpha value is -0.820. The molecule has 2 unspecified atom stereocenters. The first-order valence-corrected chi connectivity index (χ1v) is 7.16. The molecule has 4 nitrogen and oxygen atoms in total. The minimum absolute atomic E-state index is 0.0135. The lowest BCUT2D eigenvalue weighted by molar-refractivity contribution is -0.153. The molecule has 0 aromatic carbocycles. The van der Waals surface area contributed by atoms with E-state index in [1.54, 1.807) is 4.90 Å². The maximum atomic E-state index is 12.3. The van der Waals surface area contributed by atoms with E-state index in [4.69, 9.17) is 0 Å². The van der Waals surface area contributed by atoms with Crippen LogP contribution >= 0.6 is 0 Å². The Morgan fingerprint density at radius 2 is 1.85 bits per heavy atom. The SMILES string of the molecule is CC1CCC(C(=O)N2CCN(CC(F)(F)F)CC2)CN1. The lowest BCUT2D eigenvalue weighted by atomic mass is 9.94.